The molecule has 1 amide bonds. The number of nitrogens with zero attached hydrogens (tertiary/aromatic N) is 3. The zero-order valence-electron chi connectivity index (χ0n) is 21.4. The quantitative estimate of drug-likeness (QED) is 0.163. The van der Waals surface area contributed by atoms with Crippen LogP contribution in [0.3, 0.4) is 0 Å². The van der Waals surface area contributed by atoms with E-state index in [-0.39, 0.29) is 25.7 Å². The Balaban J connectivity index is 1.90. The van der Waals surface area contributed by atoms with E-state index in [1.807, 2.05) is 91.0 Å². The van der Waals surface area contributed by atoms with Gasteiger partial charge in [0.2, 0.25) is 5.91 Å². The minimum Gasteiger partial charge on any atom is -0.396 e. The number of azide groups is 1. The van der Waals surface area contributed by atoms with Crippen LogP contribution in [-0.4, -0.2) is 48.5 Å². The second-order valence-corrected chi connectivity index (χ2v) is 8.78. The highest BCUT2D eigenvalue weighted by Crippen LogP contribution is 2.20. The first kappa shape index (κ1) is 28.8. The van der Waals surface area contributed by atoms with Crippen LogP contribution in [-0.2, 0) is 38.8 Å². The maximum absolute atomic E-state index is 12.2. The standard InChI is InChI=1S/C29H34N4O5/c1-22(35)31-28(26(17-34)32-33-30)29(38-20-25-15-9-4-10-16-25)27(37-19-24-13-7-3-8-14-24)21-36-18-23-11-5-2-6-12-23/h2-16,26-29,34H,17-21H2,1H3,(H,31,35)/t26-,27-,28-,29-/m1/s1. The molecule has 0 fully saturated rings. The number of carbonyl (C=O) groups is 1. The second-order valence-electron chi connectivity index (χ2n) is 8.78. The third kappa shape index (κ3) is 9.63. The number of ether oxygens (including phenoxy) is 3. The molecule has 4 atom stereocenters. The van der Waals surface area contributed by atoms with Gasteiger partial charge >= 0.3 is 0 Å². The molecule has 0 bridgehead atoms. The summed E-state index contributed by atoms with van der Waals surface area (Å²) >= 11 is 0. The van der Waals surface area contributed by atoms with E-state index in [0.29, 0.717) is 6.61 Å². The first-order chi connectivity index (χ1) is 18.6. The van der Waals surface area contributed by atoms with Gasteiger partial charge in [0.1, 0.15) is 12.2 Å². The summed E-state index contributed by atoms with van der Waals surface area (Å²) in [6.07, 6.45) is -1.50. The molecule has 0 unspecified atom stereocenters. The van der Waals surface area contributed by atoms with Gasteiger partial charge < -0.3 is 24.6 Å². The van der Waals surface area contributed by atoms with Gasteiger partial charge in [-0.2, -0.15) is 0 Å². The Labute approximate surface area is 223 Å². The van der Waals surface area contributed by atoms with Crippen LogP contribution >= 0.6 is 0 Å². The van der Waals surface area contributed by atoms with E-state index in [9.17, 15) is 9.90 Å². The fourth-order valence-electron chi connectivity index (χ4n) is 4.01. The van der Waals surface area contributed by atoms with E-state index in [1.54, 1.807) is 0 Å². The van der Waals surface area contributed by atoms with Crippen molar-refractivity contribution in [3.05, 3.63) is 118 Å². The van der Waals surface area contributed by atoms with Crippen molar-refractivity contribution in [3.63, 3.8) is 0 Å². The normalized spacial score (nSPS) is 14.1. The molecule has 3 rings (SSSR count). The number of rotatable bonds is 16. The van der Waals surface area contributed by atoms with Gasteiger partial charge in [-0.1, -0.05) is 96.1 Å². The molecule has 0 aliphatic heterocycles. The van der Waals surface area contributed by atoms with E-state index in [1.165, 1.54) is 6.92 Å². The van der Waals surface area contributed by atoms with Crippen LogP contribution in [0.25, 0.3) is 10.4 Å². The molecule has 2 N–H and O–H groups in total. The zero-order valence-corrected chi connectivity index (χ0v) is 21.4. The molecule has 0 heterocycles. The van der Waals surface area contributed by atoms with Crippen molar-refractivity contribution in [1.82, 2.24) is 5.32 Å². The summed E-state index contributed by atoms with van der Waals surface area (Å²) in [5.41, 5.74) is 12.0. The highest BCUT2D eigenvalue weighted by Gasteiger charge is 2.37. The molecule has 0 saturated heterocycles. The number of aliphatic hydroxyl groups excluding tert-OH is 1. The third-order valence-electron chi connectivity index (χ3n) is 5.88. The maximum atomic E-state index is 12.2. The van der Waals surface area contributed by atoms with E-state index >= 15 is 0 Å². The summed E-state index contributed by atoms with van der Waals surface area (Å²) < 4.78 is 18.7. The van der Waals surface area contributed by atoms with Gasteiger partial charge in [0.05, 0.1) is 45.1 Å². The largest absolute Gasteiger partial charge is 0.396 e. The Bertz CT molecular complexity index is 1130. The van der Waals surface area contributed by atoms with Crippen LogP contribution < -0.4 is 5.32 Å². The Hall–Kier alpha value is -3.72. The second kappa shape index (κ2) is 16.2. The molecular formula is C29H34N4O5. The SMILES string of the molecule is CC(=O)N[C@@H]([C@H](OCc1ccccc1)[C@@H](COCc1ccccc1)OCc1ccccc1)[C@@H](CO)N=[N+]=[N-]. The summed E-state index contributed by atoms with van der Waals surface area (Å²) in [4.78, 5) is 15.1. The average Bonchev–Trinajstić information content (AvgIpc) is 2.95. The average molecular weight is 519 g/mol. The lowest BCUT2D eigenvalue weighted by Crippen LogP contribution is -2.57. The molecule has 0 aliphatic carbocycles. The van der Waals surface area contributed by atoms with E-state index in [0.717, 1.165) is 16.7 Å². The molecule has 0 aromatic heterocycles. The fourth-order valence-corrected chi connectivity index (χ4v) is 4.01. The lowest BCUT2D eigenvalue weighted by molar-refractivity contribution is -0.138. The molecule has 0 spiro atoms. The Morgan fingerprint density at radius 3 is 1.84 bits per heavy atom. The molecule has 38 heavy (non-hydrogen) atoms. The van der Waals surface area contributed by atoms with Crippen molar-refractivity contribution in [1.29, 1.82) is 0 Å². The van der Waals surface area contributed by atoms with E-state index < -0.39 is 30.9 Å². The summed E-state index contributed by atoms with van der Waals surface area (Å²) in [5, 5.41) is 16.6. The number of aliphatic hydroxyl groups is 1. The molecule has 3 aromatic rings. The van der Waals surface area contributed by atoms with Gasteiger partial charge in [-0.05, 0) is 22.2 Å². The minimum atomic E-state index is -0.985. The number of hydrogen-bond acceptors (Lipinski definition) is 6. The highest BCUT2D eigenvalue weighted by molar-refractivity contribution is 5.73. The number of benzene rings is 3. The fraction of sp³-hybridized carbons (Fsp3) is 0.345. The van der Waals surface area contributed by atoms with Gasteiger partial charge in [-0.25, -0.2) is 0 Å². The van der Waals surface area contributed by atoms with Crippen LogP contribution in [0.5, 0.6) is 0 Å². The summed E-state index contributed by atoms with van der Waals surface area (Å²) in [6, 6.07) is 27.1. The minimum absolute atomic E-state index is 0.131. The van der Waals surface area contributed by atoms with Crippen LogP contribution in [0.4, 0.5) is 0 Å². The first-order valence-corrected chi connectivity index (χ1v) is 12.5. The lowest BCUT2D eigenvalue weighted by Gasteiger charge is -2.36. The summed E-state index contributed by atoms with van der Waals surface area (Å²) in [5.74, 6) is -0.359. The summed E-state index contributed by atoms with van der Waals surface area (Å²) in [7, 11) is 0. The predicted octanol–water partition coefficient (Wildman–Crippen LogP) is 4.55. The number of carbonyl (C=O) groups excluding carboxylic acids is 1. The molecule has 0 aliphatic rings. The van der Waals surface area contributed by atoms with Crippen LogP contribution in [0, 0.1) is 0 Å². The zero-order chi connectivity index (χ0) is 27.0. The molecular weight excluding hydrogens is 484 g/mol. The van der Waals surface area contributed by atoms with Crippen LogP contribution in [0.15, 0.2) is 96.1 Å². The Morgan fingerprint density at radius 1 is 0.868 bits per heavy atom. The van der Waals surface area contributed by atoms with Crippen LogP contribution in [0.1, 0.15) is 23.6 Å². The molecule has 3 aromatic carbocycles. The Kier molecular flexibility index (Phi) is 12.3. The Morgan fingerprint density at radius 2 is 1.37 bits per heavy atom. The molecule has 200 valence electrons. The van der Waals surface area contributed by atoms with Crippen molar-refractivity contribution in [2.75, 3.05) is 13.2 Å². The van der Waals surface area contributed by atoms with Crippen molar-refractivity contribution in [3.8, 4) is 0 Å². The third-order valence-corrected chi connectivity index (χ3v) is 5.88. The lowest BCUT2D eigenvalue weighted by atomic mass is 9.98. The monoisotopic (exact) mass is 518 g/mol. The van der Waals surface area contributed by atoms with E-state index in [2.05, 4.69) is 15.3 Å². The molecule has 0 saturated carbocycles. The highest BCUT2D eigenvalue weighted by atomic mass is 16.6. The van der Waals surface area contributed by atoms with Gasteiger partial charge in [-0.15, -0.1) is 0 Å². The predicted molar refractivity (Wildman–Crippen MR) is 144 cm³/mol. The molecule has 9 heteroatoms. The summed E-state index contributed by atoms with van der Waals surface area (Å²) in [6.45, 7) is 1.82. The van der Waals surface area contributed by atoms with E-state index in [4.69, 9.17) is 19.7 Å². The first-order valence-electron chi connectivity index (χ1n) is 12.5. The van der Waals surface area contributed by atoms with Gasteiger partial charge in [0, 0.05) is 11.8 Å². The molecule has 9 nitrogen and oxygen atoms in total. The van der Waals surface area contributed by atoms with Crippen molar-refractivity contribution in [2.45, 2.75) is 51.0 Å². The van der Waals surface area contributed by atoms with Crippen molar-refractivity contribution in [2.24, 2.45) is 5.11 Å². The van der Waals surface area contributed by atoms with Gasteiger partial charge in [-0.3, -0.25) is 4.79 Å². The van der Waals surface area contributed by atoms with Gasteiger partial charge in [0.25, 0.3) is 0 Å². The number of nitrogens with one attached hydrogen (secondary N) is 1. The van der Waals surface area contributed by atoms with Gasteiger partial charge in [0.15, 0.2) is 0 Å². The topological polar surface area (TPSA) is 126 Å². The van der Waals surface area contributed by atoms with Crippen molar-refractivity contribution >= 4 is 5.91 Å². The molecule has 0 radical (unpaired) electrons. The number of hydrogen-bond donors (Lipinski definition) is 2. The smallest absolute Gasteiger partial charge is 0.217 e. The maximum Gasteiger partial charge on any atom is 0.217 e. The van der Waals surface area contributed by atoms with Crippen LogP contribution in [0.2, 0.25) is 0 Å². The number of amides is 1. The van der Waals surface area contributed by atoms with Crippen molar-refractivity contribution < 1.29 is 24.1 Å².